The first kappa shape index (κ1) is 22.7. The van der Waals surface area contributed by atoms with E-state index in [2.05, 4.69) is 37.8 Å². The number of carboxylic acids is 1. The molecule has 24 heavy (non-hydrogen) atoms. The molecule has 0 aliphatic carbocycles. The molecule has 0 spiro atoms. The van der Waals surface area contributed by atoms with E-state index in [0.29, 0.717) is 25.0 Å². The highest BCUT2D eigenvalue weighted by atomic mass is 32.1. The van der Waals surface area contributed by atoms with Crippen LogP contribution in [-0.2, 0) is 9.59 Å². The molecule has 4 heteroatoms. The summed E-state index contributed by atoms with van der Waals surface area (Å²) in [5.41, 5.74) is 0. The largest absolute Gasteiger partial charge is 0.481 e. The van der Waals surface area contributed by atoms with Gasteiger partial charge in [0.1, 0.15) is 5.78 Å². The van der Waals surface area contributed by atoms with Crippen molar-refractivity contribution in [2.75, 3.05) is 0 Å². The van der Waals surface area contributed by atoms with Crippen LogP contribution < -0.4 is 0 Å². The third-order valence-corrected chi connectivity index (χ3v) is 3.85. The number of rotatable bonds is 15. The fourth-order valence-corrected chi connectivity index (χ4v) is 2.47. The summed E-state index contributed by atoms with van der Waals surface area (Å²) in [7, 11) is 0. The van der Waals surface area contributed by atoms with Crippen LogP contribution in [0.15, 0.2) is 36.5 Å². The molecule has 0 aromatic heterocycles. The summed E-state index contributed by atoms with van der Waals surface area (Å²) in [6, 6.07) is 0. The molecule has 0 saturated carbocycles. The summed E-state index contributed by atoms with van der Waals surface area (Å²) < 4.78 is 0. The molecule has 0 heterocycles. The minimum atomic E-state index is -0.736. The summed E-state index contributed by atoms with van der Waals surface area (Å²) in [5, 5.41) is 8.52. The Balaban J connectivity index is 3.66. The lowest BCUT2D eigenvalue weighted by Crippen LogP contribution is -2.05. The Bertz CT molecular complexity index is 425. The quantitative estimate of drug-likeness (QED) is 0.231. The van der Waals surface area contributed by atoms with Crippen molar-refractivity contribution in [2.45, 2.75) is 76.4 Å². The molecule has 0 aliphatic rings. The second kappa shape index (κ2) is 16.6. The maximum Gasteiger partial charge on any atom is 0.303 e. The number of ketones is 1. The molecule has 0 fully saturated rings. The summed E-state index contributed by atoms with van der Waals surface area (Å²) in [4.78, 5) is 22.0. The Labute approximate surface area is 152 Å². The van der Waals surface area contributed by atoms with Crippen molar-refractivity contribution in [3.8, 4) is 0 Å². The number of unbranched alkanes of at least 4 members (excludes halogenated alkanes) is 3. The van der Waals surface area contributed by atoms with Gasteiger partial charge in [0, 0.05) is 24.5 Å². The summed E-state index contributed by atoms with van der Waals surface area (Å²) >= 11 is 4.44. The first-order valence-electron chi connectivity index (χ1n) is 8.94. The molecule has 0 aromatic rings. The highest BCUT2D eigenvalue weighted by Gasteiger charge is 2.06. The van der Waals surface area contributed by atoms with Gasteiger partial charge in [0.2, 0.25) is 0 Å². The van der Waals surface area contributed by atoms with E-state index in [1.807, 2.05) is 18.2 Å². The molecule has 0 amide bonds. The lowest BCUT2D eigenvalue weighted by atomic mass is 10.1. The molecule has 0 unspecified atom stereocenters. The predicted molar refractivity (Wildman–Crippen MR) is 105 cm³/mol. The number of aliphatic carboxylic acids is 1. The third kappa shape index (κ3) is 17.1. The van der Waals surface area contributed by atoms with Crippen molar-refractivity contribution >= 4 is 24.4 Å². The Morgan fingerprint density at radius 3 is 2.29 bits per heavy atom. The van der Waals surface area contributed by atoms with Gasteiger partial charge in [0.05, 0.1) is 0 Å². The number of carboxylic acid groups (broad SMARTS) is 1. The van der Waals surface area contributed by atoms with Crippen LogP contribution in [0.25, 0.3) is 0 Å². The standard InChI is InChI=1S/C20H32O3S/c1-2-3-11-14-18(21)17-19(24)15-12-9-7-5-4-6-8-10-13-16-20(22)23/h5-8,12,15,19,24H,2-4,9-11,13-14,16-17H2,1H3,(H,22,23)/b7-5-,8-6-,15-12-/t19-/m0/s1. The van der Waals surface area contributed by atoms with E-state index < -0.39 is 5.97 Å². The van der Waals surface area contributed by atoms with E-state index in [4.69, 9.17) is 5.11 Å². The van der Waals surface area contributed by atoms with E-state index in [9.17, 15) is 9.59 Å². The number of carbonyl (C=O) groups is 2. The Hall–Kier alpha value is -1.29. The van der Waals surface area contributed by atoms with Gasteiger partial charge in [0.15, 0.2) is 0 Å². The molecular formula is C20H32O3S. The van der Waals surface area contributed by atoms with E-state index in [1.165, 1.54) is 0 Å². The normalized spacial score (nSPS) is 13.2. The van der Waals surface area contributed by atoms with Crippen LogP contribution in [0.5, 0.6) is 0 Å². The molecule has 0 saturated heterocycles. The van der Waals surface area contributed by atoms with Crippen LogP contribution in [-0.4, -0.2) is 22.1 Å². The van der Waals surface area contributed by atoms with Gasteiger partial charge in [-0.05, 0) is 32.1 Å². The SMILES string of the molecule is CCCCCC(=O)C[C@@H](S)/C=C\C/C=C\C/C=C\CCCC(=O)O. The molecule has 0 aliphatic heterocycles. The molecular weight excluding hydrogens is 320 g/mol. The number of Topliss-reactive ketones (excluding diaryl/α,β-unsaturated/α-hetero) is 1. The van der Waals surface area contributed by atoms with E-state index in [0.717, 1.165) is 38.5 Å². The predicted octanol–water partition coefficient (Wildman–Crippen LogP) is 5.53. The minimum absolute atomic E-state index is 0.0154. The fourth-order valence-electron chi connectivity index (χ4n) is 2.15. The van der Waals surface area contributed by atoms with Crippen LogP contribution >= 0.6 is 12.6 Å². The van der Waals surface area contributed by atoms with Gasteiger partial charge in [-0.25, -0.2) is 0 Å². The molecule has 0 radical (unpaired) electrons. The first-order valence-corrected chi connectivity index (χ1v) is 9.46. The van der Waals surface area contributed by atoms with Crippen molar-refractivity contribution in [1.29, 1.82) is 0 Å². The number of hydrogen-bond acceptors (Lipinski definition) is 3. The monoisotopic (exact) mass is 352 g/mol. The van der Waals surface area contributed by atoms with Crippen LogP contribution in [0.3, 0.4) is 0 Å². The molecule has 0 aromatic carbocycles. The molecule has 0 bridgehead atoms. The number of hydrogen-bond donors (Lipinski definition) is 2. The zero-order valence-electron chi connectivity index (χ0n) is 14.8. The van der Waals surface area contributed by atoms with Gasteiger partial charge in [-0.15, -0.1) is 0 Å². The average molecular weight is 353 g/mol. The molecule has 1 atom stereocenters. The van der Waals surface area contributed by atoms with Gasteiger partial charge in [-0.2, -0.15) is 12.6 Å². The molecule has 136 valence electrons. The van der Waals surface area contributed by atoms with Crippen LogP contribution in [0.4, 0.5) is 0 Å². The first-order chi connectivity index (χ1) is 11.6. The Kier molecular flexibility index (Phi) is 15.7. The second-order valence-corrected chi connectivity index (χ2v) is 6.56. The minimum Gasteiger partial charge on any atom is -0.481 e. The fraction of sp³-hybridized carbons (Fsp3) is 0.600. The maximum absolute atomic E-state index is 11.7. The van der Waals surface area contributed by atoms with Gasteiger partial charge < -0.3 is 5.11 Å². The van der Waals surface area contributed by atoms with Gasteiger partial charge in [0.25, 0.3) is 0 Å². The number of thiol groups is 1. The highest BCUT2D eigenvalue weighted by Crippen LogP contribution is 2.09. The summed E-state index contributed by atoms with van der Waals surface area (Å²) in [6.45, 7) is 2.14. The summed E-state index contributed by atoms with van der Waals surface area (Å²) in [5.74, 6) is -0.433. The number of carbonyl (C=O) groups excluding carboxylic acids is 1. The Morgan fingerprint density at radius 1 is 0.958 bits per heavy atom. The van der Waals surface area contributed by atoms with E-state index >= 15 is 0 Å². The van der Waals surface area contributed by atoms with Crippen LogP contribution in [0, 0.1) is 0 Å². The lowest BCUT2D eigenvalue weighted by Gasteiger charge is -2.04. The smallest absolute Gasteiger partial charge is 0.303 e. The van der Waals surface area contributed by atoms with Crippen molar-refractivity contribution in [3.63, 3.8) is 0 Å². The maximum atomic E-state index is 11.7. The van der Waals surface area contributed by atoms with E-state index in [1.54, 1.807) is 0 Å². The zero-order chi connectivity index (χ0) is 18.0. The second-order valence-electron chi connectivity index (χ2n) is 5.90. The van der Waals surface area contributed by atoms with Crippen molar-refractivity contribution in [3.05, 3.63) is 36.5 Å². The Morgan fingerprint density at radius 2 is 1.62 bits per heavy atom. The van der Waals surface area contributed by atoms with Gasteiger partial charge in [-0.1, -0.05) is 56.2 Å². The average Bonchev–Trinajstić information content (AvgIpc) is 2.52. The van der Waals surface area contributed by atoms with Crippen molar-refractivity contribution in [2.24, 2.45) is 0 Å². The lowest BCUT2D eigenvalue weighted by molar-refractivity contribution is -0.137. The zero-order valence-corrected chi connectivity index (χ0v) is 15.7. The van der Waals surface area contributed by atoms with Gasteiger partial charge >= 0.3 is 5.97 Å². The van der Waals surface area contributed by atoms with Crippen molar-refractivity contribution in [1.82, 2.24) is 0 Å². The third-order valence-electron chi connectivity index (χ3n) is 3.49. The molecule has 0 rings (SSSR count). The summed E-state index contributed by atoms with van der Waals surface area (Å²) in [6.07, 6.45) is 20.2. The van der Waals surface area contributed by atoms with Gasteiger partial charge in [-0.3, -0.25) is 9.59 Å². The van der Waals surface area contributed by atoms with Crippen LogP contribution in [0.2, 0.25) is 0 Å². The highest BCUT2D eigenvalue weighted by molar-refractivity contribution is 7.81. The molecule has 3 nitrogen and oxygen atoms in total. The van der Waals surface area contributed by atoms with E-state index in [-0.39, 0.29) is 11.7 Å². The molecule has 1 N–H and O–H groups in total. The van der Waals surface area contributed by atoms with Crippen molar-refractivity contribution < 1.29 is 14.7 Å². The topological polar surface area (TPSA) is 54.4 Å². The number of allylic oxidation sites excluding steroid dienone is 5. The van der Waals surface area contributed by atoms with Crippen LogP contribution in [0.1, 0.15) is 71.1 Å².